The van der Waals surface area contributed by atoms with E-state index in [1.165, 1.54) is 6.07 Å². The molecule has 2 N–H and O–H groups in total. The van der Waals surface area contributed by atoms with Crippen LogP contribution < -0.4 is 5.43 Å². The van der Waals surface area contributed by atoms with Gasteiger partial charge in [0.25, 0.3) is 5.91 Å². The van der Waals surface area contributed by atoms with Gasteiger partial charge in [-0.05, 0) is 24.6 Å². The van der Waals surface area contributed by atoms with E-state index in [0.717, 1.165) is 12.1 Å². The predicted molar refractivity (Wildman–Crippen MR) is 102 cm³/mol. The number of fused-ring (bicyclic) bond motifs is 2. The van der Waals surface area contributed by atoms with E-state index in [9.17, 15) is 14.4 Å². The summed E-state index contributed by atoms with van der Waals surface area (Å²) < 4.78 is 1.84. The molecule has 4 rings (SSSR count). The summed E-state index contributed by atoms with van der Waals surface area (Å²) >= 11 is 0. The van der Waals surface area contributed by atoms with Crippen LogP contribution in [0.5, 0.6) is 0 Å². The molecule has 3 aromatic rings. The van der Waals surface area contributed by atoms with Gasteiger partial charge in [-0.3, -0.25) is 19.1 Å². The number of carboxylic acids is 1. The third-order valence-electron chi connectivity index (χ3n) is 4.91. The molecule has 1 aliphatic rings. The smallest absolute Gasteiger partial charge is 0.303 e. The molecule has 144 valence electrons. The number of para-hydroxylation sites is 1. The maximum Gasteiger partial charge on any atom is 0.303 e. The molecular formula is C20H20N4O4. The molecule has 1 aliphatic heterocycles. The number of rotatable bonds is 4. The second-order valence-corrected chi connectivity index (χ2v) is 6.92. The largest absolute Gasteiger partial charge is 0.481 e. The zero-order valence-electron chi connectivity index (χ0n) is 15.2. The van der Waals surface area contributed by atoms with Crippen molar-refractivity contribution < 1.29 is 14.7 Å². The van der Waals surface area contributed by atoms with Gasteiger partial charge in [0.1, 0.15) is 5.69 Å². The van der Waals surface area contributed by atoms with E-state index in [1.807, 2.05) is 16.8 Å². The van der Waals surface area contributed by atoms with Gasteiger partial charge in [0.05, 0.1) is 24.4 Å². The van der Waals surface area contributed by atoms with E-state index < -0.39 is 5.97 Å². The van der Waals surface area contributed by atoms with Crippen LogP contribution in [0.3, 0.4) is 0 Å². The van der Waals surface area contributed by atoms with Crippen molar-refractivity contribution in [2.45, 2.75) is 32.4 Å². The number of hydrogen-bond donors (Lipinski definition) is 2. The van der Waals surface area contributed by atoms with E-state index in [4.69, 9.17) is 5.11 Å². The highest BCUT2D eigenvalue weighted by atomic mass is 16.4. The van der Waals surface area contributed by atoms with Gasteiger partial charge >= 0.3 is 5.97 Å². The fourth-order valence-corrected chi connectivity index (χ4v) is 3.53. The molecule has 28 heavy (non-hydrogen) atoms. The predicted octanol–water partition coefficient (Wildman–Crippen LogP) is 1.79. The van der Waals surface area contributed by atoms with Crippen molar-refractivity contribution in [3.8, 4) is 0 Å². The van der Waals surface area contributed by atoms with Crippen molar-refractivity contribution in [2.24, 2.45) is 0 Å². The van der Waals surface area contributed by atoms with Gasteiger partial charge in [0.2, 0.25) is 0 Å². The van der Waals surface area contributed by atoms with Crippen LogP contribution in [0, 0.1) is 0 Å². The highest BCUT2D eigenvalue weighted by Crippen LogP contribution is 2.17. The number of pyridine rings is 1. The summed E-state index contributed by atoms with van der Waals surface area (Å²) in [6, 6.07) is 10.3. The second kappa shape index (κ2) is 7.30. The van der Waals surface area contributed by atoms with Crippen molar-refractivity contribution in [3.05, 3.63) is 63.7 Å². The summed E-state index contributed by atoms with van der Waals surface area (Å²) in [5.74, 6) is -1.09. The van der Waals surface area contributed by atoms with Crippen LogP contribution >= 0.6 is 0 Å². The molecule has 1 amide bonds. The summed E-state index contributed by atoms with van der Waals surface area (Å²) in [6.07, 6.45) is 1.12. The fourth-order valence-electron chi connectivity index (χ4n) is 3.53. The number of benzene rings is 1. The molecule has 0 radical (unpaired) electrons. The molecule has 0 unspecified atom stereocenters. The van der Waals surface area contributed by atoms with Crippen molar-refractivity contribution in [2.75, 3.05) is 6.54 Å². The summed E-state index contributed by atoms with van der Waals surface area (Å²) in [6.45, 7) is 1.59. The molecule has 0 saturated carbocycles. The maximum absolute atomic E-state index is 13.0. The Labute approximate surface area is 160 Å². The van der Waals surface area contributed by atoms with E-state index in [2.05, 4.69) is 10.1 Å². The lowest BCUT2D eigenvalue weighted by Gasteiger charge is -2.20. The fraction of sp³-hybridized carbons (Fsp3) is 0.300. The van der Waals surface area contributed by atoms with Crippen LogP contribution in [-0.4, -0.2) is 43.2 Å². The normalized spacial score (nSPS) is 13.9. The number of aromatic amines is 1. The Kier molecular flexibility index (Phi) is 4.68. The quantitative estimate of drug-likeness (QED) is 0.717. The van der Waals surface area contributed by atoms with E-state index in [-0.39, 0.29) is 23.5 Å². The third-order valence-corrected chi connectivity index (χ3v) is 4.91. The average molecular weight is 380 g/mol. The summed E-state index contributed by atoms with van der Waals surface area (Å²) in [5, 5.41) is 13.9. The Morgan fingerprint density at radius 2 is 2.00 bits per heavy atom. The third kappa shape index (κ3) is 3.53. The molecule has 8 nitrogen and oxygen atoms in total. The standard InChI is InChI=1S/C20H20N4O4/c25-18-11-17(21-16-5-2-1-4-15(16)18)20(28)23-8-3-9-24-14(12-23)10-13(22-24)6-7-19(26)27/h1-2,4-5,10-11H,3,6-9,12H2,(H,21,25)(H,26,27). The number of aliphatic carboxylic acids is 1. The number of nitrogens with zero attached hydrogens (tertiary/aromatic N) is 3. The number of nitrogens with one attached hydrogen (secondary N) is 1. The van der Waals surface area contributed by atoms with Crippen LogP contribution in [0.25, 0.3) is 10.9 Å². The Morgan fingerprint density at radius 3 is 2.82 bits per heavy atom. The monoisotopic (exact) mass is 380 g/mol. The van der Waals surface area contributed by atoms with Gasteiger partial charge in [-0.1, -0.05) is 12.1 Å². The maximum atomic E-state index is 13.0. The molecule has 0 aliphatic carbocycles. The van der Waals surface area contributed by atoms with Crippen LogP contribution in [0.2, 0.25) is 0 Å². The number of H-pyrrole nitrogens is 1. The van der Waals surface area contributed by atoms with Crippen molar-refractivity contribution in [3.63, 3.8) is 0 Å². The van der Waals surface area contributed by atoms with Gasteiger partial charge in [0, 0.05) is 36.5 Å². The minimum absolute atomic E-state index is 0.0252. The van der Waals surface area contributed by atoms with Crippen molar-refractivity contribution >= 4 is 22.8 Å². The molecule has 3 heterocycles. The Morgan fingerprint density at radius 1 is 1.18 bits per heavy atom. The van der Waals surface area contributed by atoms with Crippen LogP contribution in [0.4, 0.5) is 0 Å². The molecule has 1 aromatic carbocycles. The number of carbonyl (C=O) groups is 2. The zero-order valence-corrected chi connectivity index (χ0v) is 15.2. The molecule has 0 atom stereocenters. The number of carbonyl (C=O) groups excluding carboxylic acids is 1. The highest BCUT2D eigenvalue weighted by molar-refractivity contribution is 5.94. The number of aryl methyl sites for hydroxylation is 2. The highest BCUT2D eigenvalue weighted by Gasteiger charge is 2.23. The van der Waals surface area contributed by atoms with Gasteiger partial charge in [0.15, 0.2) is 5.43 Å². The first-order chi connectivity index (χ1) is 13.5. The lowest BCUT2D eigenvalue weighted by atomic mass is 10.2. The second-order valence-electron chi connectivity index (χ2n) is 6.92. The molecule has 8 heteroatoms. The van der Waals surface area contributed by atoms with Crippen LogP contribution in [-0.2, 0) is 24.3 Å². The Balaban J connectivity index is 1.59. The minimum Gasteiger partial charge on any atom is -0.481 e. The zero-order chi connectivity index (χ0) is 19.7. The SMILES string of the molecule is O=C(O)CCc1cc2n(n1)CCCN(C(=O)c1cc(=O)c3ccccc3[nH]1)C2. The summed E-state index contributed by atoms with van der Waals surface area (Å²) in [5.41, 5.74) is 2.30. The first-order valence-electron chi connectivity index (χ1n) is 9.20. The number of amides is 1. The molecule has 2 aromatic heterocycles. The minimum atomic E-state index is -0.861. The number of aromatic nitrogens is 3. The first kappa shape index (κ1) is 18.0. The van der Waals surface area contributed by atoms with Gasteiger partial charge in [-0.15, -0.1) is 0 Å². The first-order valence-corrected chi connectivity index (χ1v) is 9.20. The number of hydrogen-bond acceptors (Lipinski definition) is 4. The lowest BCUT2D eigenvalue weighted by Crippen LogP contribution is -2.32. The van der Waals surface area contributed by atoms with Crippen molar-refractivity contribution in [1.29, 1.82) is 0 Å². The van der Waals surface area contributed by atoms with Crippen molar-refractivity contribution in [1.82, 2.24) is 19.7 Å². The average Bonchev–Trinajstić information content (AvgIpc) is 2.96. The topological polar surface area (TPSA) is 108 Å². The van der Waals surface area contributed by atoms with Crippen LogP contribution in [0.1, 0.15) is 34.7 Å². The van der Waals surface area contributed by atoms with E-state index >= 15 is 0 Å². The van der Waals surface area contributed by atoms with Crippen LogP contribution in [0.15, 0.2) is 41.2 Å². The molecule has 0 spiro atoms. The molecule has 0 bridgehead atoms. The number of carboxylic acid groups (broad SMARTS) is 1. The molecular weight excluding hydrogens is 360 g/mol. The summed E-state index contributed by atoms with van der Waals surface area (Å²) in [4.78, 5) is 40.9. The summed E-state index contributed by atoms with van der Waals surface area (Å²) in [7, 11) is 0. The van der Waals surface area contributed by atoms with E-state index in [1.54, 1.807) is 23.1 Å². The van der Waals surface area contributed by atoms with Gasteiger partial charge < -0.3 is 15.0 Å². The van der Waals surface area contributed by atoms with Gasteiger partial charge in [-0.25, -0.2) is 0 Å². The molecule has 0 saturated heterocycles. The van der Waals surface area contributed by atoms with Gasteiger partial charge in [-0.2, -0.15) is 5.10 Å². The van der Waals surface area contributed by atoms with E-state index in [0.29, 0.717) is 42.7 Å². The Bertz CT molecular complexity index is 1110. The molecule has 0 fully saturated rings. The Hall–Kier alpha value is -3.42. The lowest BCUT2D eigenvalue weighted by molar-refractivity contribution is -0.136.